The molecule has 0 bridgehead atoms. The van der Waals surface area contributed by atoms with Crippen molar-refractivity contribution in [3.05, 3.63) is 27.7 Å². The number of nitrogens with one attached hydrogen (secondary N) is 1. The van der Waals surface area contributed by atoms with Gasteiger partial charge in [0.1, 0.15) is 11.9 Å². The molecule has 1 atom stereocenters. The van der Waals surface area contributed by atoms with Gasteiger partial charge in [-0.05, 0) is 25.3 Å². The molecule has 2 aromatic heterocycles. The highest BCUT2D eigenvalue weighted by Gasteiger charge is 2.13. The van der Waals surface area contributed by atoms with E-state index in [-0.39, 0.29) is 12.0 Å². The predicted octanol–water partition coefficient (Wildman–Crippen LogP) is 1.87. The van der Waals surface area contributed by atoms with Gasteiger partial charge in [-0.3, -0.25) is 0 Å². The minimum absolute atomic E-state index is 0.0548. The number of aromatic nitrogens is 3. The summed E-state index contributed by atoms with van der Waals surface area (Å²) in [5.74, 6) is 1.16. The summed E-state index contributed by atoms with van der Waals surface area (Å²) in [5, 5.41) is 14.0. The Labute approximate surface area is 109 Å². The van der Waals surface area contributed by atoms with Crippen LogP contribution >= 0.6 is 11.3 Å². The molecule has 2 heterocycles. The minimum atomic E-state index is -0.0548. The Morgan fingerprint density at radius 1 is 1.44 bits per heavy atom. The van der Waals surface area contributed by atoms with Gasteiger partial charge >= 0.3 is 0 Å². The zero-order chi connectivity index (χ0) is 13.1. The van der Waals surface area contributed by atoms with Gasteiger partial charge in [0.15, 0.2) is 0 Å². The second-order valence-corrected chi connectivity index (χ2v) is 4.69. The highest BCUT2D eigenvalue weighted by Crippen LogP contribution is 2.25. The maximum Gasteiger partial charge on any atom is 0.228 e. The quantitative estimate of drug-likeness (QED) is 0.873. The molecule has 92 valence electrons. The van der Waals surface area contributed by atoms with Gasteiger partial charge in [-0.2, -0.15) is 20.2 Å². The van der Waals surface area contributed by atoms with E-state index >= 15 is 0 Å². The molecule has 7 heteroatoms. The second-order valence-electron chi connectivity index (χ2n) is 3.74. The monoisotopic (exact) mass is 260 g/mol. The Kier molecular flexibility index (Phi) is 3.39. The van der Waals surface area contributed by atoms with Gasteiger partial charge in [0, 0.05) is 4.88 Å². The largest absolute Gasteiger partial charge is 0.368 e. The molecular weight excluding hydrogens is 248 g/mol. The van der Waals surface area contributed by atoms with Crippen molar-refractivity contribution >= 4 is 23.2 Å². The van der Waals surface area contributed by atoms with E-state index in [2.05, 4.69) is 26.3 Å². The maximum absolute atomic E-state index is 8.98. The number of hydrogen-bond acceptors (Lipinski definition) is 7. The van der Waals surface area contributed by atoms with Crippen LogP contribution in [0.25, 0.3) is 0 Å². The summed E-state index contributed by atoms with van der Waals surface area (Å²) in [6.07, 6.45) is 0. The number of aryl methyl sites for hydroxylation is 1. The zero-order valence-electron chi connectivity index (χ0n) is 10.0. The first-order chi connectivity index (χ1) is 8.60. The van der Waals surface area contributed by atoms with Crippen molar-refractivity contribution in [1.29, 1.82) is 5.26 Å². The Morgan fingerprint density at radius 3 is 2.89 bits per heavy atom. The third kappa shape index (κ3) is 2.55. The average Bonchev–Trinajstić information content (AvgIpc) is 2.75. The van der Waals surface area contributed by atoms with Crippen LogP contribution in [0.4, 0.5) is 11.9 Å². The van der Waals surface area contributed by atoms with Crippen molar-refractivity contribution in [2.45, 2.75) is 19.9 Å². The van der Waals surface area contributed by atoms with Gasteiger partial charge in [-0.1, -0.05) is 0 Å². The SMILES string of the molecule is Cc1nc(N)nc(NC(C)c2sccc2C#N)n1. The molecule has 2 aromatic rings. The minimum Gasteiger partial charge on any atom is -0.368 e. The van der Waals surface area contributed by atoms with Crippen LogP contribution in [0.15, 0.2) is 11.4 Å². The third-order valence-corrected chi connectivity index (χ3v) is 3.42. The first-order valence-electron chi connectivity index (χ1n) is 5.32. The van der Waals surface area contributed by atoms with Gasteiger partial charge in [0.05, 0.1) is 11.6 Å². The molecule has 0 aromatic carbocycles. The lowest BCUT2D eigenvalue weighted by molar-refractivity contribution is 0.861. The molecule has 0 aliphatic rings. The summed E-state index contributed by atoms with van der Waals surface area (Å²) in [5.41, 5.74) is 6.22. The Bertz CT molecular complexity index is 580. The molecule has 0 aliphatic carbocycles. The molecule has 3 N–H and O–H groups in total. The summed E-state index contributed by atoms with van der Waals surface area (Å²) >= 11 is 1.52. The topological polar surface area (TPSA) is 101 Å². The fraction of sp³-hybridized carbons (Fsp3) is 0.273. The molecule has 0 saturated heterocycles. The van der Waals surface area contributed by atoms with E-state index in [0.717, 1.165) is 4.88 Å². The highest BCUT2D eigenvalue weighted by atomic mass is 32.1. The molecule has 2 rings (SSSR count). The number of nitrogens with zero attached hydrogens (tertiary/aromatic N) is 4. The van der Waals surface area contributed by atoms with Gasteiger partial charge in [-0.25, -0.2) is 0 Å². The predicted molar refractivity (Wildman–Crippen MR) is 70.0 cm³/mol. The number of hydrogen-bond donors (Lipinski definition) is 2. The third-order valence-electron chi connectivity index (χ3n) is 2.32. The van der Waals surface area contributed by atoms with E-state index in [1.807, 2.05) is 12.3 Å². The van der Waals surface area contributed by atoms with Gasteiger partial charge in [0.2, 0.25) is 11.9 Å². The van der Waals surface area contributed by atoms with Crippen LogP contribution in [0, 0.1) is 18.3 Å². The standard InChI is InChI=1S/C11H12N6S/c1-6(9-8(5-12)3-4-18-9)14-11-16-7(2)15-10(13)17-11/h3-4,6H,1-2H3,(H3,13,14,15,16,17). The van der Waals surface area contributed by atoms with Crippen LogP contribution < -0.4 is 11.1 Å². The van der Waals surface area contributed by atoms with E-state index in [1.54, 1.807) is 13.0 Å². The van der Waals surface area contributed by atoms with Gasteiger partial charge in [-0.15, -0.1) is 11.3 Å². The maximum atomic E-state index is 8.98. The van der Waals surface area contributed by atoms with Crippen molar-refractivity contribution in [1.82, 2.24) is 15.0 Å². The van der Waals surface area contributed by atoms with Gasteiger partial charge in [0.25, 0.3) is 0 Å². The second kappa shape index (κ2) is 4.98. The van der Waals surface area contributed by atoms with Crippen molar-refractivity contribution < 1.29 is 0 Å². The van der Waals surface area contributed by atoms with E-state index in [0.29, 0.717) is 17.3 Å². The first-order valence-corrected chi connectivity index (χ1v) is 6.20. The molecule has 0 aliphatic heterocycles. The summed E-state index contributed by atoms with van der Waals surface area (Å²) in [6.45, 7) is 3.70. The number of nitrogen functional groups attached to an aromatic ring is 1. The zero-order valence-corrected chi connectivity index (χ0v) is 10.8. The fourth-order valence-electron chi connectivity index (χ4n) is 1.57. The Hall–Kier alpha value is -2.20. The molecule has 0 saturated carbocycles. The molecule has 0 spiro atoms. The Morgan fingerprint density at radius 2 is 2.22 bits per heavy atom. The van der Waals surface area contributed by atoms with Crippen LogP contribution in [0.3, 0.4) is 0 Å². The number of rotatable bonds is 3. The first kappa shape index (κ1) is 12.3. The molecule has 1 unspecified atom stereocenters. The summed E-state index contributed by atoms with van der Waals surface area (Å²) in [6, 6.07) is 3.90. The van der Waals surface area contributed by atoms with E-state index in [9.17, 15) is 0 Å². The molecule has 18 heavy (non-hydrogen) atoms. The van der Waals surface area contributed by atoms with E-state index in [4.69, 9.17) is 11.0 Å². The highest BCUT2D eigenvalue weighted by molar-refractivity contribution is 7.10. The van der Waals surface area contributed by atoms with E-state index < -0.39 is 0 Å². The Balaban J connectivity index is 2.21. The number of thiophene rings is 1. The van der Waals surface area contributed by atoms with E-state index in [1.165, 1.54) is 11.3 Å². The molecule has 6 nitrogen and oxygen atoms in total. The van der Waals surface area contributed by atoms with Crippen LogP contribution in [-0.2, 0) is 0 Å². The summed E-state index contributed by atoms with van der Waals surface area (Å²) in [4.78, 5) is 13.0. The molecule has 0 fully saturated rings. The normalized spacial score (nSPS) is 11.8. The van der Waals surface area contributed by atoms with Crippen LogP contribution in [0.1, 0.15) is 29.2 Å². The van der Waals surface area contributed by atoms with Crippen molar-refractivity contribution in [2.75, 3.05) is 11.1 Å². The van der Waals surface area contributed by atoms with Crippen LogP contribution in [0.2, 0.25) is 0 Å². The van der Waals surface area contributed by atoms with Crippen molar-refractivity contribution in [2.24, 2.45) is 0 Å². The van der Waals surface area contributed by atoms with Gasteiger partial charge < -0.3 is 11.1 Å². The lowest BCUT2D eigenvalue weighted by Gasteiger charge is -2.12. The number of nitrogens with two attached hydrogens (primary N) is 1. The lowest BCUT2D eigenvalue weighted by Crippen LogP contribution is -2.11. The summed E-state index contributed by atoms with van der Waals surface area (Å²) < 4.78 is 0. The molecular formula is C11H12N6S. The smallest absolute Gasteiger partial charge is 0.228 e. The van der Waals surface area contributed by atoms with Crippen LogP contribution in [0.5, 0.6) is 0 Å². The van der Waals surface area contributed by atoms with Crippen molar-refractivity contribution in [3.63, 3.8) is 0 Å². The number of nitriles is 1. The van der Waals surface area contributed by atoms with Crippen molar-refractivity contribution in [3.8, 4) is 6.07 Å². The number of anilines is 2. The molecule has 0 radical (unpaired) electrons. The average molecular weight is 260 g/mol. The molecule has 0 amide bonds. The fourth-order valence-corrected chi connectivity index (χ4v) is 2.43. The lowest BCUT2D eigenvalue weighted by atomic mass is 10.2. The summed E-state index contributed by atoms with van der Waals surface area (Å²) in [7, 11) is 0. The van der Waals surface area contributed by atoms with Crippen LogP contribution in [-0.4, -0.2) is 15.0 Å².